The summed E-state index contributed by atoms with van der Waals surface area (Å²) in [5.74, 6) is -4.93. The molecule has 0 saturated heterocycles. The summed E-state index contributed by atoms with van der Waals surface area (Å²) in [6.45, 7) is 1.20. The molecule has 0 radical (unpaired) electrons. The lowest BCUT2D eigenvalue weighted by molar-refractivity contribution is 0.439. The summed E-state index contributed by atoms with van der Waals surface area (Å²) in [5, 5.41) is 0. The molecule has 0 aliphatic rings. The van der Waals surface area contributed by atoms with Crippen molar-refractivity contribution in [3.8, 4) is 0 Å². The Morgan fingerprint density at radius 3 is 2.18 bits per heavy atom. The summed E-state index contributed by atoms with van der Waals surface area (Å²) in [7, 11) is 0. The third kappa shape index (κ3) is 1.13. The number of aryl methyl sites for hydroxylation is 1. The van der Waals surface area contributed by atoms with Gasteiger partial charge in [-0.1, -0.05) is 0 Å². The number of aromatic nitrogens is 1. The maximum absolute atomic E-state index is 12.4. The van der Waals surface area contributed by atoms with Crippen LogP contribution in [0.1, 0.15) is 5.69 Å². The van der Waals surface area contributed by atoms with Gasteiger partial charge in [-0.05, 0) is 6.92 Å². The Balaban J connectivity index is 3.46. The number of nitrogen functional groups attached to an aromatic ring is 1. The molecule has 0 aliphatic carbocycles. The fourth-order valence-electron chi connectivity index (χ4n) is 0.646. The van der Waals surface area contributed by atoms with Crippen LogP contribution in [0.4, 0.5) is 19.0 Å². The summed E-state index contributed by atoms with van der Waals surface area (Å²) in [6.07, 6.45) is 0. The zero-order valence-corrected chi connectivity index (χ0v) is 5.66. The number of nitrogens with zero attached hydrogens (tertiary/aromatic N) is 1. The summed E-state index contributed by atoms with van der Waals surface area (Å²) in [6, 6.07) is 0. The third-order valence-corrected chi connectivity index (χ3v) is 1.22. The van der Waals surface area contributed by atoms with Gasteiger partial charge in [0, 0.05) is 0 Å². The quantitative estimate of drug-likeness (QED) is 0.626. The lowest BCUT2D eigenvalue weighted by Crippen LogP contribution is -2.04. The second kappa shape index (κ2) is 2.41. The van der Waals surface area contributed by atoms with Gasteiger partial charge in [0.1, 0.15) is 0 Å². The maximum atomic E-state index is 12.4. The van der Waals surface area contributed by atoms with Gasteiger partial charge < -0.3 is 5.73 Å². The van der Waals surface area contributed by atoms with E-state index in [1.165, 1.54) is 6.92 Å². The number of nitrogens with two attached hydrogens (primary N) is 1. The molecule has 0 spiro atoms. The minimum Gasteiger partial charge on any atom is -0.381 e. The van der Waals surface area contributed by atoms with Gasteiger partial charge in [0.2, 0.25) is 5.82 Å². The number of anilines is 1. The minimum atomic E-state index is -1.57. The minimum absolute atomic E-state index is 0.249. The van der Waals surface area contributed by atoms with Gasteiger partial charge >= 0.3 is 0 Å². The average molecular weight is 162 g/mol. The van der Waals surface area contributed by atoms with Gasteiger partial charge in [0.25, 0.3) is 0 Å². The number of hydrogen-bond acceptors (Lipinski definition) is 2. The van der Waals surface area contributed by atoms with E-state index < -0.39 is 23.3 Å². The van der Waals surface area contributed by atoms with Gasteiger partial charge in [0.05, 0.1) is 5.69 Å². The molecule has 0 aromatic carbocycles. The highest BCUT2D eigenvalue weighted by molar-refractivity contribution is 5.32. The molecule has 11 heavy (non-hydrogen) atoms. The van der Waals surface area contributed by atoms with E-state index in [9.17, 15) is 13.2 Å². The first kappa shape index (κ1) is 7.84. The molecule has 0 aliphatic heterocycles. The van der Waals surface area contributed by atoms with E-state index in [4.69, 9.17) is 5.73 Å². The SMILES string of the molecule is Cc1nc(N)c(F)c(F)c1F. The van der Waals surface area contributed by atoms with E-state index in [0.717, 1.165) is 0 Å². The van der Waals surface area contributed by atoms with Crippen LogP contribution in [-0.4, -0.2) is 4.98 Å². The van der Waals surface area contributed by atoms with Gasteiger partial charge in [-0.15, -0.1) is 0 Å². The van der Waals surface area contributed by atoms with Crippen molar-refractivity contribution in [1.29, 1.82) is 0 Å². The molecule has 0 saturated carbocycles. The smallest absolute Gasteiger partial charge is 0.203 e. The molecular formula is C6H5F3N2. The van der Waals surface area contributed by atoms with Crippen LogP contribution in [0, 0.1) is 24.4 Å². The Morgan fingerprint density at radius 2 is 1.64 bits per heavy atom. The predicted octanol–water partition coefficient (Wildman–Crippen LogP) is 1.39. The highest BCUT2D eigenvalue weighted by Crippen LogP contribution is 2.16. The molecule has 1 rings (SSSR count). The Morgan fingerprint density at radius 1 is 1.09 bits per heavy atom. The van der Waals surface area contributed by atoms with Gasteiger partial charge in [-0.3, -0.25) is 0 Å². The van der Waals surface area contributed by atoms with Crippen molar-refractivity contribution >= 4 is 5.82 Å². The first-order valence-corrected chi connectivity index (χ1v) is 2.80. The second-order valence-corrected chi connectivity index (χ2v) is 2.02. The number of pyridine rings is 1. The normalized spacial score (nSPS) is 10.2. The van der Waals surface area contributed by atoms with E-state index in [-0.39, 0.29) is 5.69 Å². The lowest BCUT2D eigenvalue weighted by Gasteiger charge is -2.00. The average Bonchev–Trinajstić information content (AvgIpc) is 1.97. The zero-order chi connectivity index (χ0) is 8.59. The van der Waals surface area contributed by atoms with E-state index in [1.807, 2.05) is 0 Å². The van der Waals surface area contributed by atoms with Crippen molar-refractivity contribution in [1.82, 2.24) is 4.98 Å². The van der Waals surface area contributed by atoms with Gasteiger partial charge in [-0.25, -0.2) is 13.8 Å². The van der Waals surface area contributed by atoms with E-state index >= 15 is 0 Å². The van der Waals surface area contributed by atoms with Gasteiger partial charge in [-0.2, -0.15) is 4.39 Å². The zero-order valence-electron chi connectivity index (χ0n) is 5.66. The van der Waals surface area contributed by atoms with Crippen molar-refractivity contribution < 1.29 is 13.2 Å². The largest absolute Gasteiger partial charge is 0.381 e. The fourth-order valence-corrected chi connectivity index (χ4v) is 0.646. The van der Waals surface area contributed by atoms with Gasteiger partial charge in [0.15, 0.2) is 17.5 Å². The first-order chi connectivity index (χ1) is 5.04. The van der Waals surface area contributed by atoms with E-state index in [0.29, 0.717) is 0 Å². The molecule has 2 nitrogen and oxygen atoms in total. The number of rotatable bonds is 0. The molecule has 1 aromatic heterocycles. The van der Waals surface area contributed by atoms with Crippen LogP contribution in [0.25, 0.3) is 0 Å². The molecule has 1 heterocycles. The van der Waals surface area contributed by atoms with Crippen LogP contribution in [0.2, 0.25) is 0 Å². The van der Waals surface area contributed by atoms with Crippen molar-refractivity contribution in [3.05, 3.63) is 23.1 Å². The van der Waals surface area contributed by atoms with Crippen molar-refractivity contribution in [2.45, 2.75) is 6.92 Å². The highest BCUT2D eigenvalue weighted by Gasteiger charge is 2.15. The number of halogens is 3. The third-order valence-electron chi connectivity index (χ3n) is 1.22. The Bertz CT molecular complexity index is 272. The molecule has 1 aromatic rings. The molecule has 0 unspecified atom stereocenters. The summed E-state index contributed by atoms with van der Waals surface area (Å²) < 4.78 is 37.2. The van der Waals surface area contributed by atoms with Crippen molar-refractivity contribution in [3.63, 3.8) is 0 Å². The predicted molar refractivity (Wildman–Crippen MR) is 33.3 cm³/mol. The van der Waals surface area contributed by atoms with Crippen LogP contribution < -0.4 is 5.73 Å². The van der Waals surface area contributed by atoms with Crippen LogP contribution in [-0.2, 0) is 0 Å². The lowest BCUT2D eigenvalue weighted by atomic mass is 10.3. The summed E-state index contributed by atoms with van der Waals surface area (Å²) >= 11 is 0. The Kier molecular flexibility index (Phi) is 1.72. The Hall–Kier alpha value is -1.26. The standard InChI is InChI=1S/C6H5F3N2/c1-2-3(7)4(8)5(9)6(10)11-2/h1H3,(H2,10,11). The monoisotopic (exact) mass is 162 g/mol. The van der Waals surface area contributed by atoms with Crippen LogP contribution in [0.5, 0.6) is 0 Å². The topological polar surface area (TPSA) is 38.9 Å². The number of hydrogen-bond donors (Lipinski definition) is 1. The van der Waals surface area contributed by atoms with Crippen LogP contribution in [0.3, 0.4) is 0 Å². The fraction of sp³-hybridized carbons (Fsp3) is 0.167. The molecule has 2 N–H and O–H groups in total. The summed E-state index contributed by atoms with van der Waals surface area (Å²) in [5.41, 5.74) is 4.65. The molecule has 0 bridgehead atoms. The summed E-state index contributed by atoms with van der Waals surface area (Å²) in [4.78, 5) is 3.22. The van der Waals surface area contributed by atoms with Crippen molar-refractivity contribution in [2.24, 2.45) is 0 Å². The van der Waals surface area contributed by atoms with E-state index in [1.54, 1.807) is 0 Å². The highest BCUT2D eigenvalue weighted by atomic mass is 19.2. The molecule has 0 fully saturated rings. The van der Waals surface area contributed by atoms with Crippen LogP contribution in [0.15, 0.2) is 0 Å². The molecule has 0 amide bonds. The first-order valence-electron chi connectivity index (χ1n) is 2.80. The molecule has 60 valence electrons. The molecule has 5 heteroatoms. The van der Waals surface area contributed by atoms with E-state index in [2.05, 4.69) is 4.98 Å². The van der Waals surface area contributed by atoms with Crippen molar-refractivity contribution in [2.75, 3.05) is 5.73 Å². The second-order valence-electron chi connectivity index (χ2n) is 2.02. The van der Waals surface area contributed by atoms with Crippen LogP contribution >= 0.6 is 0 Å². The maximum Gasteiger partial charge on any atom is 0.203 e. The molecular weight excluding hydrogens is 157 g/mol. The Labute approximate surface area is 60.9 Å². The molecule has 0 atom stereocenters.